The number of para-hydroxylation sites is 1. The van der Waals surface area contributed by atoms with E-state index in [1.165, 1.54) is 49.6 Å². The lowest BCUT2D eigenvalue weighted by Crippen LogP contribution is -2.32. The fourth-order valence-electron chi connectivity index (χ4n) is 2.03. The first-order valence-corrected chi connectivity index (χ1v) is 8.45. The minimum atomic E-state index is -4.00. The molecule has 0 atom stereocenters. The Balaban J connectivity index is 2.56. The fourth-order valence-corrected chi connectivity index (χ4v) is 3.82. The van der Waals surface area contributed by atoms with Crippen LogP contribution in [0, 0.1) is 5.82 Å². The van der Waals surface area contributed by atoms with E-state index >= 15 is 0 Å². The summed E-state index contributed by atoms with van der Waals surface area (Å²) < 4.78 is 45.6. The fraction of sp³-hybridized carbons (Fsp3) is 0.125. The van der Waals surface area contributed by atoms with Crippen molar-refractivity contribution in [3.8, 4) is 5.75 Å². The van der Waals surface area contributed by atoms with E-state index in [-0.39, 0.29) is 22.2 Å². The third-order valence-corrected chi connectivity index (χ3v) is 5.20. The van der Waals surface area contributed by atoms with Crippen molar-refractivity contribution in [3.05, 3.63) is 66.0 Å². The van der Waals surface area contributed by atoms with Crippen LogP contribution in [-0.2, 0) is 10.0 Å². The van der Waals surface area contributed by atoms with Crippen LogP contribution >= 0.6 is 11.6 Å². The van der Waals surface area contributed by atoms with Gasteiger partial charge in [0.2, 0.25) is 0 Å². The van der Waals surface area contributed by atoms with Crippen LogP contribution in [0.5, 0.6) is 5.75 Å². The van der Waals surface area contributed by atoms with Gasteiger partial charge in [-0.05, 0) is 30.3 Å². The SMILES string of the molecule is C=CCN(c1ccccc1F)S(=O)(=O)c1ccc(OC)c(Cl)c1. The summed E-state index contributed by atoms with van der Waals surface area (Å²) in [6.07, 6.45) is 1.38. The smallest absolute Gasteiger partial charge is 0.264 e. The number of hydrogen-bond donors (Lipinski definition) is 0. The third-order valence-electron chi connectivity index (χ3n) is 3.13. The maximum absolute atomic E-state index is 14.0. The topological polar surface area (TPSA) is 46.6 Å². The Kier molecular flexibility index (Phi) is 5.28. The van der Waals surface area contributed by atoms with Gasteiger partial charge in [0.25, 0.3) is 10.0 Å². The molecule has 122 valence electrons. The Morgan fingerprint density at radius 2 is 2.00 bits per heavy atom. The first kappa shape index (κ1) is 17.3. The van der Waals surface area contributed by atoms with E-state index in [0.29, 0.717) is 5.75 Å². The minimum Gasteiger partial charge on any atom is -0.495 e. The molecule has 0 aliphatic carbocycles. The van der Waals surface area contributed by atoms with E-state index in [1.54, 1.807) is 6.07 Å². The second kappa shape index (κ2) is 7.02. The summed E-state index contributed by atoms with van der Waals surface area (Å²) in [5.41, 5.74) is -0.0562. The maximum Gasteiger partial charge on any atom is 0.264 e. The largest absolute Gasteiger partial charge is 0.495 e. The van der Waals surface area contributed by atoms with E-state index in [9.17, 15) is 12.8 Å². The van der Waals surface area contributed by atoms with Gasteiger partial charge in [-0.25, -0.2) is 12.8 Å². The highest BCUT2D eigenvalue weighted by Crippen LogP contribution is 2.31. The molecule has 0 heterocycles. The van der Waals surface area contributed by atoms with Crippen LogP contribution in [0.4, 0.5) is 10.1 Å². The highest BCUT2D eigenvalue weighted by atomic mass is 35.5. The van der Waals surface area contributed by atoms with E-state index < -0.39 is 15.8 Å². The highest BCUT2D eigenvalue weighted by molar-refractivity contribution is 7.92. The van der Waals surface area contributed by atoms with Crippen molar-refractivity contribution in [2.24, 2.45) is 0 Å². The molecular weight excluding hydrogens is 341 g/mol. The first-order valence-electron chi connectivity index (χ1n) is 6.63. The molecule has 0 spiro atoms. The van der Waals surface area contributed by atoms with E-state index in [1.807, 2.05) is 0 Å². The molecular formula is C16H15ClFNO3S. The van der Waals surface area contributed by atoms with Crippen LogP contribution in [0.15, 0.2) is 60.0 Å². The molecule has 23 heavy (non-hydrogen) atoms. The molecule has 0 N–H and O–H groups in total. The van der Waals surface area contributed by atoms with Crippen LogP contribution in [-0.4, -0.2) is 22.1 Å². The number of benzene rings is 2. The Morgan fingerprint density at radius 3 is 2.57 bits per heavy atom. The van der Waals surface area contributed by atoms with Gasteiger partial charge in [-0.3, -0.25) is 4.31 Å². The summed E-state index contributed by atoms with van der Waals surface area (Å²) >= 11 is 5.99. The Bertz CT molecular complexity index is 824. The lowest BCUT2D eigenvalue weighted by Gasteiger charge is -2.23. The van der Waals surface area contributed by atoms with Crippen molar-refractivity contribution in [2.45, 2.75) is 4.90 Å². The second-order valence-electron chi connectivity index (χ2n) is 4.57. The van der Waals surface area contributed by atoms with Gasteiger partial charge in [-0.2, -0.15) is 0 Å². The van der Waals surface area contributed by atoms with Gasteiger partial charge in [-0.1, -0.05) is 29.8 Å². The average Bonchev–Trinajstić information content (AvgIpc) is 2.53. The lowest BCUT2D eigenvalue weighted by atomic mass is 10.3. The molecule has 0 aromatic heterocycles. The van der Waals surface area contributed by atoms with Gasteiger partial charge < -0.3 is 4.74 Å². The monoisotopic (exact) mass is 355 g/mol. The van der Waals surface area contributed by atoms with Crippen LogP contribution in [0.25, 0.3) is 0 Å². The van der Waals surface area contributed by atoms with Crippen molar-refractivity contribution >= 4 is 27.3 Å². The third kappa shape index (κ3) is 3.48. The Morgan fingerprint density at radius 1 is 1.30 bits per heavy atom. The maximum atomic E-state index is 14.0. The lowest BCUT2D eigenvalue weighted by molar-refractivity contribution is 0.414. The zero-order valence-electron chi connectivity index (χ0n) is 12.4. The molecule has 4 nitrogen and oxygen atoms in total. The normalized spacial score (nSPS) is 11.1. The number of halogens is 2. The molecule has 0 unspecified atom stereocenters. The molecule has 2 rings (SSSR count). The molecule has 0 radical (unpaired) electrons. The van der Waals surface area contributed by atoms with Crippen molar-refractivity contribution in [1.82, 2.24) is 0 Å². The molecule has 0 fully saturated rings. The van der Waals surface area contributed by atoms with E-state index in [4.69, 9.17) is 16.3 Å². The molecule has 0 aliphatic rings. The number of anilines is 1. The molecule has 7 heteroatoms. The number of methoxy groups -OCH3 is 1. The highest BCUT2D eigenvalue weighted by Gasteiger charge is 2.26. The van der Waals surface area contributed by atoms with Gasteiger partial charge in [-0.15, -0.1) is 6.58 Å². The predicted octanol–water partition coefficient (Wildman–Crippen LogP) is 3.87. The minimum absolute atomic E-state index is 0.0562. The summed E-state index contributed by atoms with van der Waals surface area (Å²) in [5.74, 6) is -0.288. The van der Waals surface area contributed by atoms with Gasteiger partial charge in [0, 0.05) is 0 Å². The zero-order valence-corrected chi connectivity index (χ0v) is 13.9. The van der Waals surface area contributed by atoms with Crippen molar-refractivity contribution in [3.63, 3.8) is 0 Å². The summed E-state index contributed by atoms with van der Waals surface area (Å²) in [6.45, 7) is 3.46. The number of hydrogen-bond acceptors (Lipinski definition) is 3. The summed E-state index contributed by atoms with van der Waals surface area (Å²) in [4.78, 5) is -0.0617. The van der Waals surface area contributed by atoms with E-state index in [2.05, 4.69) is 6.58 Å². The molecule has 2 aromatic rings. The second-order valence-corrected chi connectivity index (χ2v) is 6.84. The molecule has 0 aliphatic heterocycles. The van der Waals surface area contributed by atoms with Gasteiger partial charge in [0.05, 0.1) is 29.3 Å². The number of sulfonamides is 1. The van der Waals surface area contributed by atoms with E-state index in [0.717, 1.165) is 4.31 Å². The first-order chi connectivity index (χ1) is 10.9. The molecule has 0 amide bonds. The average molecular weight is 356 g/mol. The van der Waals surface area contributed by atoms with Crippen molar-refractivity contribution in [1.29, 1.82) is 0 Å². The molecule has 0 saturated heterocycles. The number of nitrogens with zero attached hydrogens (tertiary/aromatic N) is 1. The van der Waals surface area contributed by atoms with Crippen molar-refractivity contribution < 1.29 is 17.5 Å². The van der Waals surface area contributed by atoms with Crippen LogP contribution in [0.2, 0.25) is 5.02 Å². The molecule has 2 aromatic carbocycles. The van der Waals surface area contributed by atoms with Gasteiger partial charge in [0.15, 0.2) is 0 Å². The summed E-state index contributed by atoms with van der Waals surface area (Å²) in [5, 5.41) is 0.153. The van der Waals surface area contributed by atoms with Gasteiger partial charge in [0.1, 0.15) is 11.6 Å². The molecule has 0 bridgehead atoms. The predicted molar refractivity (Wildman–Crippen MR) is 89.1 cm³/mol. The quantitative estimate of drug-likeness (QED) is 0.739. The van der Waals surface area contributed by atoms with Crippen LogP contribution in [0.1, 0.15) is 0 Å². The Hall–Kier alpha value is -2.05. The standard InChI is InChI=1S/C16H15ClFNO3S/c1-3-10-19(15-7-5-4-6-14(15)18)23(20,21)12-8-9-16(22-2)13(17)11-12/h3-9,11H,1,10H2,2H3. The summed E-state index contributed by atoms with van der Waals surface area (Å²) in [6, 6.07) is 9.71. The molecule has 0 saturated carbocycles. The number of ether oxygens (including phenoxy) is 1. The Labute approximate surface area is 139 Å². The summed E-state index contributed by atoms with van der Waals surface area (Å²) in [7, 11) is -2.57. The number of rotatable bonds is 6. The van der Waals surface area contributed by atoms with Crippen LogP contribution < -0.4 is 9.04 Å². The van der Waals surface area contributed by atoms with Crippen LogP contribution in [0.3, 0.4) is 0 Å². The zero-order chi connectivity index (χ0) is 17.0. The van der Waals surface area contributed by atoms with Crippen molar-refractivity contribution in [2.75, 3.05) is 18.0 Å². The van der Waals surface area contributed by atoms with Gasteiger partial charge >= 0.3 is 0 Å².